The largest absolute Gasteiger partial charge is 0.390 e. The molecule has 0 radical (unpaired) electrons. The van der Waals surface area contributed by atoms with E-state index in [4.69, 9.17) is 17.3 Å². The number of rotatable bonds is 6. The normalized spacial score (nSPS) is 16.4. The quantitative estimate of drug-likeness (QED) is 0.314. The van der Waals surface area contributed by atoms with Crippen LogP contribution in [-0.4, -0.2) is 69.0 Å². The van der Waals surface area contributed by atoms with Crippen LogP contribution in [0.25, 0.3) is 0 Å². The summed E-state index contributed by atoms with van der Waals surface area (Å²) < 4.78 is 24.6. The Balaban J connectivity index is 0.00000300. The maximum atomic E-state index is 12.2. The van der Waals surface area contributed by atoms with E-state index in [2.05, 4.69) is 9.89 Å². The Labute approximate surface area is 197 Å². The average Bonchev–Trinajstić information content (AvgIpc) is 3.22. The van der Waals surface area contributed by atoms with Gasteiger partial charge in [0.05, 0.1) is 18.4 Å². The first-order chi connectivity index (χ1) is 13.3. The van der Waals surface area contributed by atoms with Crippen LogP contribution in [0.3, 0.4) is 0 Å². The Hall–Kier alpha value is -1.08. The van der Waals surface area contributed by atoms with Crippen LogP contribution in [-0.2, 0) is 9.84 Å². The molecule has 1 aromatic carbocycles. The van der Waals surface area contributed by atoms with Gasteiger partial charge in [0.1, 0.15) is 4.21 Å². The number of anilines is 1. The molecule has 0 aliphatic carbocycles. The molecule has 3 N–H and O–H groups in total. The molecule has 0 amide bonds. The molecule has 2 heterocycles. The van der Waals surface area contributed by atoms with E-state index in [1.54, 1.807) is 11.4 Å². The van der Waals surface area contributed by atoms with Gasteiger partial charge < -0.3 is 20.6 Å². The van der Waals surface area contributed by atoms with Gasteiger partial charge in [0.15, 0.2) is 15.8 Å². The van der Waals surface area contributed by atoms with Gasteiger partial charge >= 0.3 is 0 Å². The van der Waals surface area contributed by atoms with Crippen molar-refractivity contribution in [3.8, 4) is 0 Å². The molecule has 1 saturated heterocycles. The van der Waals surface area contributed by atoms with Gasteiger partial charge in [-0.25, -0.2) is 8.42 Å². The third-order valence-electron chi connectivity index (χ3n) is 4.47. The first-order valence-electron chi connectivity index (χ1n) is 8.85. The van der Waals surface area contributed by atoms with Crippen molar-refractivity contribution in [1.29, 1.82) is 0 Å². The van der Waals surface area contributed by atoms with E-state index in [-0.39, 0.29) is 40.5 Å². The number of nitrogens with zero attached hydrogens (tertiary/aromatic N) is 3. The highest BCUT2D eigenvalue weighted by Gasteiger charge is 2.22. The molecule has 160 valence electrons. The van der Waals surface area contributed by atoms with E-state index >= 15 is 0 Å². The predicted octanol–water partition coefficient (Wildman–Crippen LogP) is 2.29. The zero-order chi connectivity index (χ0) is 20.1. The summed E-state index contributed by atoms with van der Waals surface area (Å²) in [4.78, 5) is 8.37. The van der Waals surface area contributed by atoms with Crippen molar-refractivity contribution >= 4 is 68.4 Å². The van der Waals surface area contributed by atoms with Crippen molar-refractivity contribution in [2.24, 2.45) is 10.7 Å². The minimum Gasteiger partial charge on any atom is -0.390 e. The molecule has 1 unspecified atom stereocenters. The summed E-state index contributed by atoms with van der Waals surface area (Å²) in [5.74, 6) is -0.0439. The predicted molar refractivity (Wildman–Crippen MR) is 130 cm³/mol. The number of benzene rings is 1. The molecule has 0 saturated carbocycles. The topological polar surface area (TPSA) is 99.2 Å². The smallest absolute Gasteiger partial charge is 0.191 e. The lowest BCUT2D eigenvalue weighted by atomic mass is 10.2. The summed E-state index contributed by atoms with van der Waals surface area (Å²) in [6.45, 7) is 2.91. The Morgan fingerprint density at radius 1 is 1.21 bits per heavy atom. The summed E-state index contributed by atoms with van der Waals surface area (Å²) in [6.07, 6.45) is -1.10. The van der Waals surface area contributed by atoms with Crippen molar-refractivity contribution in [2.45, 2.75) is 10.3 Å². The number of sulfone groups is 1. The summed E-state index contributed by atoms with van der Waals surface area (Å²) in [6, 6.07) is 10.9. The summed E-state index contributed by atoms with van der Waals surface area (Å²) in [7, 11) is -3.50. The van der Waals surface area contributed by atoms with Gasteiger partial charge in [0, 0.05) is 36.9 Å². The maximum Gasteiger partial charge on any atom is 0.191 e. The molecular formula is C18H24ClIN4O3S2. The maximum absolute atomic E-state index is 12.2. The molecule has 3 rings (SSSR count). The van der Waals surface area contributed by atoms with E-state index in [0.29, 0.717) is 24.1 Å². The zero-order valence-electron chi connectivity index (χ0n) is 15.6. The van der Waals surface area contributed by atoms with E-state index in [9.17, 15) is 13.5 Å². The molecule has 7 nitrogen and oxygen atoms in total. The monoisotopic (exact) mass is 570 g/mol. The fourth-order valence-corrected chi connectivity index (χ4v) is 5.57. The minimum absolute atomic E-state index is 0. The molecule has 0 spiro atoms. The first-order valence-corrected chi connectivity index (χ1v) is 11.8. The third-order valence-corrected chi connectivity index (χ3v) is 8.01. The van der Waals surface area contributed by atoms with Crippen molar-refractivity contribution in [3.63, 3.8) is 0 Å². The van der Waals surface area contributed by atoms with Crippen LogP contribution in [0.2, 0.25) is 5.02 Å². The van der Waals surface area contributed by atoms with E-state index in [1.165, 1.54) is 6.07 Å². The number of guanidine groups is 1. The van der Waals surface area contributed by atoms with E-state index in [1.807, 2.05) is 29.2 Å². The van der Waals surface area contributed by atoms with Gasteiger partial charge in [-0.15, -0.1) is 35.3 Å². The second kappa shape index (κ2) is 10.8. The van der Waals surface area contributed by atoms with Crippen LogP contribution in [0.4, 0.5) is 5.69 Å². The van der Waals surface area contributed by atoms with Gasteiger partial charge in [-0.1, -0.05) is 17.7 Å². The van der Waals surface area contributed by atoms with Crippen LogP contribution >= 0.6 is 46.9 Å². The molecule has 29 heavy (non-hydrogen) atoms. The van der Waals surface area contributed by atoms with Crippen LogP contribution in [0.5, 0.6) is 0 Å². The molecule has 1 atom stereocenters. The van der Waals surface area contributed by atoms with Gasteiger partial charge in [0.25, 0.3) is 0 Å². The van der Waals surface area contributed by atoms with Crippen molar-refractivity contribution in [2.75, 3.05) is 43.4 Å². The van der Waals surface area contributed by atoms with Gasteiger partial charge in [-0.05, 0) is 35.7 Å². The molecule has 1 aliphatic rings. The van der Waals surface area contributed by atoms with Crippen molar-refractivity contribution < 1.29 is 13.5 Å². The number of aliphatic hydroxyl groups excluding tert-OH is 1. The molecule has 11 heteroatoms. The number of hydrogen-bond donors (Lipinski definition) is 2. The summed E-state index contributed by atoms with van der Waals surface area (Å²) in [5.41, 5.74) is 7.15. The fraction of sp³-hybridized carbons (Fsp3) is 0.389. The lowest BCUT2D eigenvalue weighted by molar-refractivity contribution is 0.205. The Bertz CT molecular complexity index is 900. The van der Waals surface area contributed by atoms with Crippen LogP contribution in [0, 0.1) is 0 Å². The third kappa shape index (κ3) is 6.71. The second-order valence-corrected chi connectivity index (χ2v) is 10.2. The lowest BCUT2D eigenvalue weighted by Gasteiger charge is -2.36. The Morgan fingerprint density at radius 3 is 2.45 bits per heavy atom. The Kier molecular flexibility index (Phi) is 9.01. The van der Waals surface area contributed by atoms with Gasteiger partial charge in [0.2, 0.25) is 0 Å². The Morgan fingerprint density at radius 2 is 1.86 bits per heavy atom. The standard InChI is InChI=1S/C18H23ClN4O3S2.HI/c19-14-3-5-15(6-4-14)22-7-9-23(10-8-22)18(20)21-12-16(24)13-28(25,26)17-2-1-11-27-17;/h1-6,11,16,24H,7-10,12-13H2,(H2,20,21);1H. The van der Waals surface area contributed by atoms with Gasteiger partial charge in [-0.2, -0.15) is 0 Å². The molecule has 1 aromatic heterocycles. The highest BCUT2D eigenvalue weighted by molar-refractivity contribution is 14.0. The number of thiophene rings is 1. The van der Waals surface area contributed by atoms with Crippen LogP contribution < -0.4 is 10.6 Å². The van der Waals surface area contributed by atoms with Crippen molar-refractivity contribution in [3.05, 3.63) is 46.8 Å². The fourth-order valence-electron chi connectivity index (χ4n) is 2.97. The number of nitrogens with two attached hydrogens (primary N) is 1. The number of piperazine rings is 1. The first kappa shape index (κ1) is 24.2. The molecule has 1 aliphatic heterocycles. The second-order valence-electron chi connectivity index (χ2n) is 6.52. The number of hydrogen-bond acceptors (Lipinski definition) is 6. The van der Waals surface area contributed by atoms with Crippen LogP contribution in [0.15, 0.2) is 51.0 Å². The molecule has 0 bridgehead atoms. The average molecular weight is 571 g/mol. The van der Waals surface area contributed by atoms with E-state index < -0.39 is 15.9 Å². The molecule has 1 fully saturated rings. The highest BCUT2D eigenvalue weighted by Crippen LogP contribution is 2.20. The van der Waals surface area contributed by atoms with Crippen molar-refractivity contribution in [1.82, 2.24) is 4.90 Å². The lowest BCUT2D eigenvalue weighted by Crippen LogP contribution is -2.51. The van der Waals surface area contributed by atoms with Gasteiger partial charge in [-0.3, -0.25) is 4.99 Å². The number of halogens is 2. The summed E-state index contributed by atoms with van der Waals surface area (Å²) in [5, 5.41) is 12.5. The SMILES string of the molecule is I.NC(=NCC(O)CS(=O)(=O)c1cccs1)N1CCN(c2ccc(Cl)cc2)CC1. The van der Waals surface area contributed by atoms with Crippen LogP contribution in [0.1, 0.15) is 0 Å². The summed E-state index contributed by atoms with van der Waals surface area (Å²) >= 11 is 7.07. The number of aliphatic imine (C=N–C) groups is 1. The minimum atomic E-state index is -3.50. The number of aliphatic hydroxyl groups is 1. The highest BCUT2D eigenvalue weighted by atomic mass is 127. The zero-order valence-corrected chi connectivity index (χ0v) is 20.4. The molecule has 2 aromatic rings. The molecular weight excluding hydrogens is 547 g/mol. The van der Waals surface area contributed by atoms with E-state index in [0.717, 1.165) is 30.1 Å².